The molecule has 0 radical (unpaired) electrons. The van der Waals surface area contributed by atoms with Gasteiger partial charge in [0.1, 0.15) is 5.75 Å². The Labute approximate surface area is 167 Å². The number of ether oxygens (including phenoxy) is 1. The van der Waals surface area contributed by atoms with Gasteiger partial charge in [-0.2, -0.15) is 10.2 Å². The molecular weight excluding hydrogens is 350 g/mol. The van der Waals surface area contributed by atoms with Crippen LogP contribution in [0.15, 0.2) is 57.5 Å². The number of hydrogen-bond donors (Lipinski definition) is 1. The van der Waals surface area contributed by atoms with Crippen molar-refractivity contribution < 1.29 is 9.53 Å². The molecule has 1 aliphatic carbocycles. The van der Waals surface area contributed by atoms with Crippen LogP contribution in [0.25, 0.3) is 0 Å². The number of nitrogens with zero attached hydrogens (tertiary/aromatic N) is 2. The Hall–Kier alpha value is -2.43. The molecule has 3 aliphatic rings. The minimum Gasteiger partial charge on any atom is -0.491 e. The molecule has 28 heavy (non-hydrogen) atoms. The van der Waals surface area contributed by atoms with Crippen molar-refractivity contribution >= 4 is 5.78 Å². The van der Waals surface area contributed by atoms with Crippen LogP contribution in [-0.4, -0.2) is 18.1 Å². The number of hydrogen-bond acceptors (Lipinski definition) is 5. The molecule has 0 bridgehead atoms. The second-order valence-corrected chi connectivity index (χ2v) is 9.11. The average Bonchev–Trinajstić information content (AvgIpc) is 3.07. The molecule has 5 heteroatoms. The lowest BCUT2D eigenvalue weighted by molar-refractivity contribution is -0.119. The molecule has 2 atom stereocenters. The number of benzene rings is 1. The van der Waals surface area contributed by atoms with E-state index in [0.29, 0.717) is 6.42 Å². The van der Waals surface area contributed by atoms with E-state index in [9.17, 15) is 4.79 Å². The molecule has 1 aromatic carbocycles. The zero-order valence-corrected chi connectivity index (χ0v) is 17.4. The Bertz CT molecular complexity index is 910. The highest BCUT2D eigenvalue weighted by molar-refractivity contribution is 6.01. The summed E-state index contributed by atoms with van der Waals surface area (Å²) in [6.45, 7) is 10.5. The normalized spacial score (nSPS) is 28.0. The third-order valence-corrected chi connectivity index (χ3v) is 6.01. The van der Waals surface area contributed by atoms with Gasteiger partial charge in [-0.3, -0.25) is 4.79 Å². The van der Waals surface area contributed by atoms with E-state index in [2.05, 4.69) is 48.4 Å². The number of allylic oxidation sites excluding steroid dienone is 2. The standard InChI is InChI=1S/C23H29N3O2/c1-6-23(15-8-7-9-16(10-15)28-14(2)3)17-13-24-26-21(17)25-18-11-22(4,5)12-19(27)20(18)23/h7-10,13-14,21,25H,6,11-12H2,1-5H3/t21?,23-/m1/s1. The molecule has 0 fully saturated rings. The topological polar surface area (TPSA) is 63.1 Å². The van der Waals surface area contributed by atoms with Crippen LogP contribution in [-0.2, 0) is 10.2 Å². The third kappa shape index (κ3) is 2.88. The molecule has 5 nitrogen and oxygen atoms in total. The second-order valence-electron chi connectivity index (χ2n) is 9.11. The summed E-state index contributed by atoms with van der Waals surface area (Å²) in [7, 11) is 0. The van der Waals surface area contributed by atoms with Crippen LogP contribution >= 0.6 is 0 Å². The van der Waals surface area contributed by atoms with Gasteiger partial charge < -0.3 is 10.1 Å². The van der Waals surface area contributed by atoms with Crippen molar-refractivity contribution in [3.63, 3.8) is 0 Å². The molecule has 1 aromatic rings. The average molecular weight is 380 g/mol. The second kappa shape index (κ2) is 6.57. The van der Waals surface area contributed by atoms with Crippen molar-refractivity contribution in [2.75, 3.05) is 0 Å². The first-order valence-electron chi connectivity index (χ1n) is 10.2. The number of rotatable bonds is 4. The summed E-state index contributed by atoms with van der Waals surface area (Å²) >= 11 is 0. The van der Waals surface area contributed by atoms with Gasteiger partial charge in [0.05, 0.1) is 17.7 Å². The van der Waals surface area contributed by atoms with Gasteiger partial charge in [-0.15, -0.1) is 0 Å². The number of ketones is 1. The van der Waals surface area contributed by atoms with E-state index in [4.69, 9.17) is 4.74 Å². The van der Waals surface area contributed by atoms with E-state index in [1.165, 1.54) is 0 Å². The molecule has 4 rings (SSSR count). The van der Waals surface area contributed by atoms with Crippen LogP contribution in [0, 0.1) is 5.41 Å². The van der Waals surface area contributed by atoms with Crippen molar-refractivity contribution in [1.29, 1.82) is 0 Å². The van der Waals surface area contributed by atoms with Crippen molar-refractivity contribution in [3.8, 4) is 5.75 Å². The van der Waals surface area contributed by atoms with E-state index in [0.717, 1.165) is 41.0 Å². The van der Waals surface area contributed by atoms with E-state index < -0.39 is 5.41 Å². The first kappa shape index (κ1) is 18.9. The summed E-state index contributed by atoms with van der Waals surface area (Å²) in [6, 6.07) is 8.19. The number of nitrogens with one attached hydrogen (secondary N) is 1. The lowest BCUT2D eigenvalue weighted by Crippen LogP contribution is -2.51. The minimum absolute atomic E-state index is 0.0536. The molecular formula is C23H29N3O2. The fourth-order valence-electron chi connectivity index (χ4n) is 5.00. The maximum absolute atomic E-state index is 13.4. The zero-order chi connectivity index (χ0) is 20.1. The SMILES string of the molecule is CC[C@@]1(c2cccc(OC(C)C)c2)C2=CN=NC2NC2=C1C(=O)CC(C)(C)C2. The van der Waals surface area contributed by atoms with Crippen molar-refractivity contribution in [1.82, 2.24) is 5.32 Å². The highest BCUT2D eigenvalue weighted by Crippen LogP contribution is 2.53. The minimum atomic E-state index is -0.515. The monoisotopic (exact) mass is 379 g/mol. The van der Waals surface area contributed by atoms with Gasteiger partial charge >= 0.3 is 0 Å². The largest absolute Gasteiger partial charge is 0.491 e. The smallest absolute Gasteiger partial charge is 0.164 e. The fraction of sp³-hybridized carbons (Fsp3) is 0.522. The number of fused-ring (bicyclic) bond motifs is 1. The summed E-state index contributed by atoms with van der Waals surface area (Å²) in [6.07, 6.45) is 3.92. The van der Waals surface area contributed by atoms with Gasteiger partial charge in [-0.25, -0.2) is 0 Å². The van der Waals surface area contributed by atoms with Crippen molar-refractivity contribution in [2.24, 2.45) is 15.6 Å². The third-order valence-electron chi connectivity index (χ3n) is 6.01. The number of azo groups is 1. The van der Waals surface area contributed by atoms with Crippen molar-refractivity contribution in [3.05, 3.63) is 52.9 Å². The van der Waals surface area contributed by atoms with Gasteiger partial charge in [-0.05, 0) is 49.8 Å². The van der Waals surface area contributed by atoms with Crippen molar-refractivity contribution in [2.45, 2.75) is 71.6 Å². The van der Waals surface area contributed by atoms with Crippen LogP contribution < -0.4 is 10.1 Å². The molecule has 1 N–H and O–H groups in total. The maximum atomic E-state index is 13.4. The molecule has 148 valence electrons. The number of carbonyl (C=O) groups is 1. The van der Waals surface area contributed by atoms with Gasteiger partial charge in [0.15, 0.2) is 11.9 Å². The van der Waals surface area contributed by atoms with Crippen LogP contribution in [0.1, 0.15) is 59.4 Å². The molecule has 0 saturated carbocycles. The maximum Gasteiger partial charge on any atom is 0.164 e. The van der Waals surface area contributed by atoms with Crippen LogP contribution in [0.3, 0.4) is 0 Å². The Kier molecular flexibility index (Phi) is 4.44. The highest BCUT2D eigenvalue weighted by atomic mass is 16.5. The van der Waals surface area contributed by atoms with Crippen LogP contribution in [0.5, 0.6) is 5.75 Å². The highest BCUT2D eigenvalue weighted by Gasteiger charge is 2.53. The van der Waals surface area contributed by atoms with Gasteiger partial charge in [-0.1, -0.05) is 32.9 Å². The molecule has 2 aliphatic heterocycles. The molecule has 0 spiro atoms. The molecule has 0 saturated heterocycles. The summed E-state index contributed by atoms with van der Waals surface area (Å²) < 4.78 is 5.96. The summed E-state index contributed by atoms with van der Waals surface area (Å²) in [5.74, 6) is 1.05. The number of carbonyl (C=O) groups excluding carboxylic acids is 1. The Morgan fingerprint density at radius 3 is 2.79 bits per heavy atom. The van der Waals surface area contributed by atoms with Gasteiger partial charge in [0.2, 0.25) is 0 Å². The lowest BCUT2D eigenvalue weighted by atomic mass is 9.59. The van der Waals surface area contributed by atoms with E-state index in [1.807, 2.05) is 32.2 Å². The van der Waals surface area contributed by atoms with E-state index >= 15 is 0 Å². The summed E-state index contributed by atoms with van der Waals surface area (Å²) in [4.78, 5) is 13.4. The van der Waals surface area contributed by atoms with Gasteiger partial charge in [0, 0.05) is 23.3 Å². The van der Waals surface area contributed by atoms with Crippen LogP contribution in [0.2, 0.25) is 0 Å². The van der Waals surface area contributed by atoms with E-state index in [-0.39, 0.29) is 23.5 Å². The first-order chi connectivity index (χ1) is 13.3. The quantitative estimate of drug-likeness (QED) is 0.797. The number of Topliss-reactive ketones (excluding diaryl/α,β-unsaturated/α-hetero) is 1. The molecule has 2 heterocycles. The lowest BCUT2D eigenvalue weighted by Gasteiger charge is -2.47. The molecule has 0 aromatic heterocycles. The Balaban J connectivity index is 1.93. The van der Waals surface area contributed by atoms with E-state index in [1.54, 1.807) is 0 Å². The molecule has 1 unspecified atom stereocenters. The molecule has 0 amide bonds. The summed E-state index contributed by atoms with van der Waals surface area (Å²) in [5.41, 5.74) is 3.50. The first-order valence-corrected chi connectivity index (χ1v) is 10.2. The summed E-state index contributed by atoms with van der Waals surface area (Å²) in [5, 5.41) is 12.1. The zero-order valence-electron chi connectivity index (χ0n) is 17.4. The predicted octanol–water partition coefficient (Wildman–Crippen LogP) is 5.04. The predicted molar refractivity (Wildman–Crippen MR) is 109 cm³/mol. The fourth-order valence-corrected chi connectivity index (χ4v) is 5.00. The Morgan fingerprint density at radius 1 is 1.29 bits per heavy atom. The van der Waals surface area contributed by atoms with Gasteiger partial charge in [0.25, 0.3) is 0 Å². The Morgan fingerprint density at radius 2 is 2.07 bits per heavy atom. The van der Waals surface area contributed by atoms with Crippen LogP contribution in [0.4, 0.5) is 0 Å².